The second-order valence-corrected chi connectivity index (χ2v) is 6.85. The Morgan fingerprint density at radius 3 is 2.23 bits per heavy atom. The molecule has 6 nitrogen and oxygen atoms in total. The Labute approximate surface area is 171 Å². The standard InChI is InChI=1S/C18H17F7N4O2/c19-13-10-12(2-3-14(13)29-5-1-4-26-29)11-27-6-8-28(9-7-27)16(30)31-15(17(20,21)22)18(23,24)25/h1-5,10,15H,6-9,11H2. The number of halogens is 7. The van der Waals surface area contributed by atoms with Gasteiger partial charge in [-0.2, -0.15) is 31.4 Å². The Morgan fingerprint density at radius 2 is 1.71 bits per heavy atom. The van der Waals surface area contributed by atoms with E-state index in [4.69, 9.17) is 0 Å². The summed E-state index contributed by atoms with van der Waals surface area (Å²) in [5.74, 6) is -0.506. The molecule has 170 valence electrons. The van der Waals surface area contributed by atoms with Crippen molar-refractivity contribution in [2.45, 2.75) is 25.0 Å². The zero-order valence-corrected chi connectivity index (χ0v) is 15.8. The third kappa shape index (κ3) is 5.66. The Kier molecular flexibility index (Phi) is 6.43. The fourth-order valence-electron chi connectivity index (χ4n) is 3.09. The maximum atomic E-state index is 14.3. The van der Waals surface area contributed by atoms with Crippen LogP contribution in [-0.4, -0.2) is 70.3 Å². The summed E-state index contributed by atoms with van der Waals surface area (Å²) >= 11 is 0. The van der Waals surface area contributed by atoms with E-state index in [1.54, 1.807) is 29.3 Å². The minimum atomic E-state index is -5.76. The van der Waals surface area contributed by atoms with E-state index in [1.165, 1.54) is 16.9 Å². The summed E-state index contributed by atoms with van der Waals surface area (Å²) in [7, 11) is 0. The van der Waals surface area contributed by atoms with E-state index in [9.17, 15) is 35.5 Å². The highest BCUT2D eigenvalue weighted by atomic mass is 19.4. The first-order valence-electron chi connectivity index (χ1n) is 9.05. The number of nitrogens with zero attached hydrogens (tertiary/aromatic N) is 4. The fraction of sp³-hybridized carbons (Fsp3) is 0.444. The average molecular weight is 454 g/mol. The molecule has 2 heterocycles. The Morgan fingerprint density at radius 1 is 1.06 bits per heavy atom. The molecule has 0 aliphatic carbocycles. The van der Waals surface area contributed by atoms with Gasteiger partial charge < -0.3 is 9.64 Å². The van der Waals surface area contributed by atoms with Crippen LogP contribution in [0, 0.1) is 5.82 Å². The van der Waals surface area contributed by atoms with Crippen molar-refractivity contribution in [3.63, 3.8) is 0 Å². The van der Waals surface area contributed by atoms with Gasteiger partial charge in [-0.15, -0.1) is 0 Å². The minimum absolute atomic E-state index is 0.130. The van der Waals surface area contributed by atoms with Crippen molar-refractivity contribution in [2.75, 3.05) is 26.2 Å². The van der Waals surface area contributed by atoms with Gasteiger partial charge in [-0.1, -0.05) is 6.07 Å². The van der Waals surface area contributed by atoms with Crippen molar-refractivity contribution in [3.05, 3.63) is 48.0 Å². The highest BCUT2D eigenvalue weighted by Gasteiger charge is 2.60. The van der Waals surface area contributed by atoms with Crippen LogP contribution in [-0.2, 0) is 11.3 Å². The lowest BCUT2D eigenvalue weighted by Gasteiger charge is -2.35. The van der Waals surface area contributed by atoms with E-state index < -0.39 is 30.4 Å². The van der Waals surface area contributed by atoms with Gasteiger partial charge in [0.15, 0.2) is 0 Å². The number of aromatic nitrogens is 2. The summed E-state index contributed by atoms with van der Waals surface area (Å²) in [6.45, 7) is 0.359. The van der Waals surface area contributed by atoms with Crippen LogP contribution in [0.25, 0.3) is 5.69 Å². The lowest BCUT2D eigenvalue weighted by molar-refractivity contribution is -0.308. The van der Waals surface area contributed by atoms with Crippen LogP contribution in [0.1, 0.15) is 5.56 Å². The summed E-state index contributed by atoms with van der Waals surface area (Å²) < 4.78 is 94.6. The minimum Gasteiger partial charge on any atom is -0.426 e. The smallest absolute Gasteiger partial charge is 0.426 e. The number of hydrogen-bond donors (Lipinski definition) is 0. The predicted molar refractivity (Wildman–Crippen MR) is 92.8 cm³/mol. The van der Waals surface area contributed by atoms with E-state index in [-0.39, 0.29) is 38.4 Å². The Balaban J connectivity index is 1.55. The molecular formula is C18H17F7N4O2. The summed E-state index contributed by atoms with van der Waals surface area (Å²) in [6.07, 6.45) is -14.3. The van der Waals surface area contributed by atoms with Gasteiger partial charge in [-0.05, 0) is 23.8 Å². The predicted octanol–water partition coefficient (Wildman–Crippen LogP) is 3.76. The maximum absolute atomic E-state index is 14.3. The SMILES string of the molecule is O=C(OC(C(F)(F)F)C(F)(F)F)N1CCN(Cc2ccc(-n3cccn3)c(F)c2)CC1. The Bertz CT molecular complexity index is 877. The van der Waals surface area contributed by atoms with Gasteiger partial charge >= 0.3 is 18.4 Å². The van der Waals surface area contributed by atoms with Gasteiger partial charge in [0.25, 0.3) is 6.10 Å². The van der Waals surface area contributed by atoms with Crippen LogP contribution >= 0.6 is 0 Å². The molecule has 1 saturated heterocycles. The van der Waals surface area contributed by atoms with Gasteiger partial charge in [0.1, 0.15) is 11.5 Å². The molecule has 0 saturated carbocycles. The molecule has 1 aromatic carbocycles. The molecule has 0 spiro atoms. The molecule has 1 aromatic heterocycles. The molecule has 0 atom stereocenters. The number of amides is 1. The van der Waals surface area contributed by atoms with Crippen LogP contribution in [0.15, 0.2) is 36.7 Å². The number of carbonyl (C=O) groups is 1. The van der Waals surface area contributed by atoms with E-state index in [0.29, 0.717) is 5.56 Å². The number of alkyl halides is 6. The van der Waals surface area contributed by atoms with Crippen LogP contribution < -0.4 is 0 Å². The van der Waals surface area contributed by atoms with Crippen LogP contribution in [0.5, 0.6) is 0 Å². The second-order valence-electron chi connectivity index (χ2n) is 6.85. The molecule has 0 radical (unpaired) electrons. The van der Waals surface area contributed by atoms with E-state index in [0.717, 1.165) is 4.90 Å². The number of benzene rings is 1. The molecule has 1 aliphatic heterocycles. The van der Waals surface area contributed by atoms with Crippen molar-refractivity contribution in [1.29, 1.82) is 0 Å². The zero-order chi connectivity index (χ0) is 22.8. The molecule has 0 unspecified atom stereocenters. The van der Waals surface area contributed by atoms with Crippen molar-refractivity contribution in [2.24, 2.45) is 0 Å². The molecule has 13 heteroatoms. The van der Waals surface area contributed by atoms with Crippen molar-refractivity contribution in [1.82, 2.24) is 19.6 Å². The van der Waals surface area contributed by atoms with Gasteiger partial charge in [0, 0.05) is 45.1 Å². The zero-order valence-electron chi connectivity index (χ0n) is 15.8. The van der Waals surface area contributed by atoms with Crippen molar-refractivity contribution >= 4 is 6.09 Å². The van der Waals surface area contributed by atoms with E-state index in [1.807, 2.05) is 0 Å². The lowest BCUT2D eigenvalue weighted by atomic mass is 10.1. The lowest BCUT2D eigenvalue weighted by Crippen LogP contribution is -2.52. The van der Waals surface area contributed by atoms with E-state index >= 15 is 0 Å². The molecule has 0 bridgehead atoms. The number of hydrogen-bond acceptors (Lipinski definition) is 4. The first-order chi connectivity index (χ1) is 14.4. The van der Waals surface area contributed by atoms with Crippen LogP contribution in [0.3, 0.4) is 0 Å². The fourth-order valence-corrected chi connectivity index (χ4v) is 3.09. The van der Waals surface area contributed by atoms with Crippen LogP contribution in [0.2, 0.25) is 0 Å². The molecule has 1 aliphatic rings. The molecule has 2 aromatic rings. The van der Waals surface area contributed by atoms with Gasteiger partial charge in [-0.3, -0.25) is 4.90 Å². The topological polar surface area (TPSA) is 50.6 Å². The summed E-state index contributed by atoms with van der Waals surface area (Å²) in [6, 6.07) is 6.18. The van der Waals surface area contributed by atoms with Gasteiger partial charge in [0.05, 0.1) is 0 Å². The van der Waals surface area contributed by atoms with Crippen molar-refractivity contribution in [3.8, 4) is 5.69 Å². The highest BCUT2D eigenvalue weighted by Crippen LogP contribution is 2.36. The van der Waals surface area contributed by atoms with E-state index in [2.05, 4.69) is 9.84 Å². The normalized spacial score (nSPS) is 16.1. The number of ether oxygens (including phenoxy) is 1. The first-order valence-corrected chi connectivity index (χ1v) is 9.05. The third-order valence-corrected chi connectivity index (χ3v) is 4.61. The number of carbonyl (C=O) groups excluding carboxylic acids is 1. The molecular weight excluding hydrogens is 437 g/mol. The summed E-state index contributed by atoms with van der Waals surface area (Å²) in [5, 5.41) is 3.94. The number of piperazine rings is 1. The quantitative estimate of drug-likeness (QED) is 0.661. The molecule has 0 N–H and O–H groups in total. The molecule has 1 amide bonds. The average Bonchev–Trinajstić information content (AvgIpc) is 3.19. The summed E-state index contributed by atoms with van der Waals surface area (Å²) in [5.41, 5.74) is 0.865. The van der Waals surface area contributed by atoms with Crippen molar-refractivity contribution < 1.29 is 40.3 Å². The number of rotatable bonds is 4. The highest BCUT2D eigenvalue weighted by molar-refractivity contribution is 5.68. The van der Waals surface area contributed by atoms with Gasteiger partial charge in [0.2, 0.25) is 0 Å². The van der Waals surface area contributed by atoms with Gasteiger partial charge in [-0.25, -0.2) is 13.9 Å². The Hall–Kier alpha value is -2.83. The molecule has 31 heavy (non-hydrogen) atoms. The maximum Gasteiger partial charge on any atom is 0.434 e. The van der Waals surface area contributed by atoms with Crippen LogP contribution in [0.4, 0.5) is 35.5 Å². The first kappa shape index (κ1) is 22.8. The largest absolute Gasteiger partial charge is 0.434 e. The summed E-state index contributed by atoms with van der Waals surface area (Å²) in [4.78, 5) is 14.4. The monoisotopic (exact) mass is 454 g/mol. The second kappa shape index (κ2) is 8.73. The molecule has 3 rings (SSSR count). The third-order valence-electron chi connectivity index (χ3n) is 4.61. The molecule has 1 fully saturated rings.